The second kappa shape index (κ2) is 13.0. The van der Waals surface area contributed by atoms with E-state index in [1.54, 1.807) is 6.07 Å². The summed E-state index contributed by atoms with van der Waals surface area (Å²) in [5, 5.41) is 1.55. The molecule has 0 saturated carbocycles. The minimum Gasteiger partial charge on any atom is -0.241 e. The van der Waals surface area contributed by atoms with Crippen LogP contribution in [0, 0.1) is 27.7 Å². The number of nitrogens with zero attached hydrogens (tertiary/aromatic N) is 6. The van der Waals surface area contributed by atoms with E-state index in [0.717, 1.165) is 50.5 Å². The highest BCUT2D eigenvalue weighted by Gasteiger charge is 2.17. The standard InChI is InChI=1S/C36H29Cl3N6/c1-20-8-9-25(12-21(20)2)34-22(3)17-41-32(44-34)16-28-19-42-33(45-36(28)26-10-11-30(38)31(39)14-26)15-27-18-40-23(4)43-35(27)24-6-5-7-29(37)13-24/h5-14,17-19H,15-16H2,1-4H3. The molecule has 0 N–H and O–H groups in total. The lowest BCUT2D eigenvalue weighted by Gasteiger charge is -2.14. The van der Waals surface area contributed by atoms with Gasteiger partial charge in [-0.2, -0.15) is 0 Å². The van der Waals surface area contributed by atoms with Crippen LogP contribution in [0.4, 0.5) is 0 Å². The van der Waals surface area contributed by atoms with E-state index < -0.39 is 0 Å². The molecule has 0 amide bonds. The summed E-state index contributed by atoms with van der Waals surface area (Å²) in [5.74, 6) is 1.94. The zero-order valence-electron chi connectivity index (χ0n) is 25.2. The minimum absolute atomic E-state index is 0.411. The molecule has 3 aromatic carbocycles. The number of hydrogen-bond donors (Lipinski definition) is 0. The SMILES string of the molecule is Cc1ncc(Cc2ncc(Cc3ncc(C)c(-c4ccc(C)c(C)c4)n3)c(-c3ccc(Cl)c(Cl)c3)n2)c(-c2cccc(Cl)c2)n1. The van der Waals surface area contributed by atoms with Crippen molar-refractivity contribution in [2.24, 2.45) is 0 Å². The van der Waals surface area contributed by atoms with Crippen LogP contribution < -0.4 is 0 Å². The highest BCUT2D eigenvalue weighted by Crippen LogP contribution is 2.32. The van der Waals surface area contributed by atoms with E-state index in [0.29, 0.717) is 45.4 Å². The van der Waals surface area contributed by atoms with E-state index in [1.165, 1.54) is 11.1 Å². The fourth-order valence-electron chi connectivity index (χ4n) is 5.15. The highest BCUT2D eigenvalue weighted by molar-refractivity contribution is 6.42. The average Bonchev–Trinajstić information content (AvgIpc) is 3.02. The Morgan fingerprint density at radius 2 is 1.13 bits per heavy atom. The molecule has 0 aliphatic rings. The molecule has 0 spiro atoms. The summed E-state index contributed by atoms with van der Waals surface area (Å²) in [6.07, 6.45) is 6.37. The number of hydrogen-bond acceptors (Lipinski definition) is 6. The Hall–Kier alpha value is -4.23. The number of rotatable bonds is 7. The number of aryl methyl sites for hydroxylation is 4. The first-order valence-electron chi connectivity index (χ1n) is 14.4. The normalized spacial score (nSPS) is 11.2. The summed E-state index contributed by atoms with van der Waals surface area (Å²) in [6.45, 7) is 8.11. The summed E-state index contributed by atoms with van der Waals surface area (Å²) in [6, 6.07) is 19.5. The lowest BCUT2D eigenvalue weighted by atomic mass is 10.0. The van der Waals surface area contributed by atoms with Crippen molar-refractivity contribution in [2.45, 2.75) is 40.5 Å². The molecule has 6 rings (SSSR count). The van der Waals surface area contributed by atoms with Gasteiger partial charge in [-0.15, -0.1) is 0 Å². The molecule has 0 aliphatic carbocycles. The summed E-state index contributed by atoms with van der Waals surface area (Å²) < 4.78 is 0. The first-order chi connectivity index (χ1) is 21.6. The predicted molar refractivity (Wildman–Crippen MR) is 182 cm³/mol. The largest absolute Gasteiger partial charge is 0.241 e. The minimum atomic E-state index is 0.411. The van der Waals surface area contributed by atoms with E-state index >= 15 is 0 Å². The van der Waals surface area contributed by atoms with Gasteiger partial charge in [-0.3, -0.25) is 0 Å². The van der Waals surface area contributed by atoms with Crippen LogP contribution in [0.1, 0.15) is 45.3 Å². The van der Waals surface area contributed by atoms with Crippen LogP contribution in [0.5, 0.6) is 0 Å². The molecule has 9 heteroatoms. The second-order valence-electron chi connectivity index (χ2n) is 11.1. The molecule has 0 bridgehead atoms. The molecule has 3 heterocycles. The Morgan fingerprint density at radius 3 is 1.84 bits per heavy atom. The quantitative estimate of drug-likeness (QED) is 0.171. The number of halogens is 3. The zero-order chi connectivity index (χ0) is 31.7. The fraction of sp³-hybridized carbons (Fsp3) is 0.167. The molecule has 0 atom stereocenters. The van der Waals surface area contributed by atoms with Crippen molar-refractivity contribution in [3.8, 4) is 33.8 Å². The van der Waals surface area contributed by atoms with Gasteiger partial charge in [0.1, 0.15) is 17.5 Å². The molecule has 0 fully saturated rings. The van der Waals surface area contributed by atoms with E-state index in [-0.39, 0.29) is 0 Å². The summed E-state index contributed by atoms with van der Waals surface area (Å²) in [7, 11) is 0. The van der Waals surface area contributed by atoms with Crippen molar-refractivity contribution in [2.75, 3.05) is 0 Å². The molecule has 0 saturated heterocycles. The lowest BCUT2D eigenvalue weighted by molar-refractivity contribution is 0.904. The maximum atomic E-state index is 6.46. The third kappa shape index (κ3) is 6.89. The van der Waals surface area contributed by atoms with Crippen LogP contribution in [0.15, 0.2) is 79.3 Å². The Balaban J connectivity index is 1.40. The van der Waals surface area contributed by atoms with Crippen molar-refractivity contribution in [1.82, 2.24) is 29.9 Å². The van der Waals surface area contributed by atoms with Crippen molar-refractivity contribution in [3.63, 3.8) is 0 Å². The van der Waals surface area contributed by atoms with Gasteiger partial charge < -0.3 is 0 Å². The predicted octanol–water partition coefficient (Wildman–Crippen LogP) is 9.43. The van der Waals surface area contributed by atoms with Gasteiger partial charge in [0.15, 0.2) is 0 Å². The van der Waals surface area contributed by atoms with Crippen LogP contribution in [0.25, 0.3) is 33.8 Å². The first kappa shape index (κ1) is 30.8. The van der Waals surface area contributed by atoms with Crippen molar-refractivity contribution in [3.05, 3.63) is 140 Å². The van der Waals surface area contributed by atoms with Gasteiger partial charge in [-0.25, -0.2) is 29.9 Å². The topological polar surface area (TPSA) is 77.3 Å². The van der Waals surface area contributed by atoms with Crippen LogP contribution >= 0.6 is 34.8 Å². The molecule has 0 unspecified atom stereocenters. The molecule has 3 aromatic heterocycles. The van der Waals surface area contributed by atoms with Gasteiger partial charge in [0.25, 0.3) is 0 Å². The first-order valence-corrected chi connectivity index (χ1v) is 15.6. The smallest absolute Gasteiger partial charge is 0.133 e. The number of benzene rings is 3. The summed E-state index contributed by atoms with van der Waals surface area (Å²) in [4.78, 5) is 28.7. The van der Waals surface area contributed by atoms with Gasteiger partial charge in [0.05, 0.1) is 27.1 Å². The zero-order valence-corrected chi connectivity index (χ0v) is 27.5. The monoisotopic (exact) mass is 650 g/mol. The maximum absolute atomic E-state index is 6.46. The van der Waals surface area contributed by atoms with Crippen LogP contribution in [-0.4, -0.2) is 29.9 Å². The van der Waals surface area contributed by atoms with E-state index in [2.05, 4.69) is 42.0 Å². The molecule has 45 heavy (non-hydrogen) atoms. The summed E-state index contributed by atoms with van der Waals surface area (Å²) >= 11 is 19.1. The van der Waals surface area contributed by atoms with Gasteiger partial charge in [0.2, 0.25) is 0 Å². The van der Waals surface area contributed by atoms with Gasteiger partial charge in [0, 0.05) is 64.3 Å². The van der Waals surface area contributed by atoms with Crippen molar-refractivity contribution >= 4 is 34.8 Å². The molecule has 6 aromatic rings. The van der Waals surface area contributed by atoms with E-state index in [9.17, 15) is 0 Å². The second-order valence-corrected chi connectivity index (χ2v) is 12.3. The molecule has 224 valence electrons. The Labute approximate surface area is 277 Å². The molecule has 6 nitrogen and oxygen atoms in total. The van der Waals surface area contributed by atoms with Crippen LogP contribution in [-0.2, 0) is 12.8 Å². The molecular weight excluding hydrogens is 623 g/mol. The lowest BCUT2D eigenvalue weighted by Crippen LogP contribution is -2.07. The average molecular weight is 652 g/mol. The third-order valence-electron chi connectivity index (χ3n) is 7.69. The van der Waals surface area contributed by atoms with Gasteiger partial charge in [-0.1, -0.05) is 65.1 Å². The van der Waals surface area contributed by atoms with E-state index in [4.69, 9.17) is 54.7 Å². The Bertz CT molecular complexity index is 2060. The number of aromatic nitrogens is 6. The Morgan fingerprint density at radius 1 is 0.511 bits per heavy atom. The molecular formula is C36H29Cl3N6. The Kier molecular flexibility index (Phi) is 8.90. The third-order valence-corrected chi connectivity index (χ3v) is 8.66. The molecule has 0 aliphatic heterocycles. The van der Waals surface area contributed by atoms with Gasteiger partial charge >= 0.3 is 0 Å². The van der Waals surface area contributed by atoms with Crippen molar-refractivity contribution in [1.29, 1.82) is 0 Å². The van der Waals surface area contributed by atoms with E-state index in [1.807, 2.05) is 68.8 Å². The van der Waals surface area contributed by atoms with Crippen molar-refractivity contribution < 1.29 is 0 Å². The maximum Gasteiger partial charge on any atom is 0.133 e. The van der Waals surface area contributed by atoms with Crippen LogP contribution in [0.3, 0.4) is 0 Å². The van der Waals surface area contributed by atoms with Crippen LogP contribution in [0.2, 0.25) is 15.1 Å². The highest BCUT2D eigenvalue weighted by atomic mass is 35.5. The van der Waals surface area contributed by atoms with Gasteiger partial charge in [-0.05, 0) is 74.7 Å². The fourth-order valence-corrected chi connectivity index (χ4v) is 5.64. The molecule has 0 radical (unpaired) electrons. The summed E-state index contributed by atoms with van der Waals surface area (Å²) in [5.41, 5.74) is 10.4.